The van der Waals surface area contributed by atoms with Gasteiger partial charge in [-0.25, -0.2) is 9.78 Å². The number of anilines is 2. The molecule has 2 aromatic carbocycles. The summed E-state index contributed by atoms with van der Waals surface area (Å²) in [5, 5.41) is 6.74. The van der Waals surface area contributed by atoms with E-state index in [0.717, 1.165) is 16.6 Å². The number of pyridine rings is 1. The zero-order valence-electron chi connectivity index (χ0n) is 11.0. The molecule has 0 aliphatic heterocycles. The number of halogens is 1. The van der Waals surface area contributed by atoms with Crippen LogP contribution in [0.4, 0.5) is 16.2 Å². The number of rotatable bonds is 2. The summed E-state index contributed by atoms with van der Waals surface area (Å²) in [5.74, 6) is 0. The van der Waals surface area contributed by atoms with E-state index in [9.17, 15) is 4.79 Å². The van der Waals surface area contributed by atoms with E-state index in [2.05, 4.69) is 15.6 Å². The van der Waals surface area contributed by atoms with Crippen molar-refractivity contribution >= 4 is 39.9 Å². The van der Waals surface area contributed by atoms with Crippen molar-refractivity contribution in [3.05, 3.63) is 65.8 Å². The van der Waals surface area contributed by atoms with E-state index in [1.54, 1.807) is 6.07 Å². The molecule has 4 nitrogen and oxygen atoms in total. The molecule has 0 unspecified atom stereocenters. The minimum absolute atomic E-state index is 0.325. The van der Waals surface area contributed by atoms with Crippen molar-refractivity contribution in [1.29, 1.82) is 0 Å². The molecule has 21 heavy (non-hydrogen) atoms. The molecule has 0 spiro atoms. The number of nitrogens with one attached hydrogen (secondary N) is 2. The highest BCUT2D eigenvalue weighted by Crippen LogP contribution is 2.25. The van der Waals surface area contributed by atoms with Crippen LogP contribution in [0, 0.1) is 0 Å². The number of hydrogen-bond acceptors (Lipinski definition) is 2. The van der Waals surface area contributed by atoms with Gasteiger partial charge in [0.15, 0.2) is 0 Å². The Morgan fingerprint density at radius 1 is 0.952 bits per heavy atom. The molecule has 0 fully saturated rings. The van der Waals surface area contributed by atoms with Gasteiger partial charge in [-0.1, -0.05) is 48.0 Å². The van der Waals surface area contributed by atoms with Crippen LogP contribution in [0.25, 0.3) is 10.9 Å². The van der Waals surface area contributed by atoms with Gasteiger partial charge >= 0.3 is 6.03 Å². The fraction of sp³-hybridized carbons (Fsp3) is 0. The van der Waals surface area contributed by atoms with Gasteiger partial charge in [-0.05, 0) is 24.3 Å². The summed E-state index contributed by atoms with van der Waals surface area (Å²) in [4.78, 5) is 16.3. The summed E-state index contributed by atoms with van der Waals surface area (Å²) < 4.78 is 0. The lowest BCUT2D eigenvalue weighted by Crippen LogP contribution is -2.19. The van der Waals surface area contributed by atoms with Crippen molar-refractivity contribution in [2.75, 3.05) is 10.6 Å². The first-order valence-electron chi connectivity index (χ1n) is 6.41. The lowest BCUT2D eigenvalue weighted by molar-refractivity contribution is 0.262. The van der Waals surface area contributed by atoms with E-state index in [0.29, 0.717) is 10.8 Å². The van der Waals surface area contributed by atoms with Crippen LogP contribution in [0.5, 0.6) is 0 Å². The van der Waals surface area contributed by atoms with Crippen molar-refractivity contribution in [2.45, 2.75) is 0 Å². The normalized spacial score (nSPS) is 10.3. The average Bonchev–Trinajstić information content (AvgIpc) is 2.48. The average molecular weight is 298 g/mol. The maximum Gasteiger partial charge on any atom is 0.323 e. The Morgan fingerprint density at radius 2 is 1.67 bits per heavy atom. The largest absolute Gasteiger partial charge is 0.323 e. The van der Waals surface area contributed by atoms with Crippen LogP contribution in [0.2, 0.25) is 5.15 Å². The van der Waals surface area contributed by atoms with E-state index < -0.39 is 0 Å². The number of amides is 2. The Labute approximate surface area is 126 Å². The molecule has 0 saturated heterocycles. The van der Waals surface area contributed by atoms with Crippen LogP contribution in [0.15, 0.2) is 60.7 Å². The minimum Gasteiger partial charge on any atom is -0.308 e. The number of fused-ring (bicyclic) bond motifs is 1. The standard InChI is InChI=1S/C16H12ClN3O/c17-15-10-14(12-8-4-5-9-13(12)19-15)20-16(21)18-11-6-2-1-3-7-11/h1-10H,(H2,18,19,20,21). The van der Waals surface area contributed by atoms with Gasteiger partial charge in [-0.2, -0.15) is 0 Å². The maximum absolute atomic E-state index is 12.1. The molecule has 0 atom stereocenters. The molecule has 3 rings (SSSR count). The van der Waals surface area contributed by atoms with Crippen molar-refractivity contribution in [3.8, 4) is 0 Å². The molecular weight excluding hydrogens is 286 g/mol. The smallest absolute Gasteiger partial charge is 0.308 e. The summed E-state index contributed by atoms with van der Waals surface area (Å²) in [7, 11) is 0. The first kappa shape index (κ1) is 13.4. The Kier molecular flexibility index (Phi) is 3.71. The van der Waals surface area contributed by atoms with Crippen molar-refractivity contribution in [2.24, 2.45) is 0 Å². The molecule has 104 valence electrons. The topological polar surface area (TPSA) is 54.0 Å². The number of urea groups is 1. The molecule has 3 aromatic rings. The third-order valence-corrected chi connectivity index (χ3v) is 3.16. The molecule has 1 heterocycles. The molecule has 0 aliphatic rings. The Balaban J connectivity index is 1.86. The van der Waals surface area contributed by atoms with Gasteiger partial charge in [0.05, 0.1) is 11.2 Å². The van der Waals surface area contributed by atoms with Crippen LogP contribution < -0.4 is 10.6 Å². The van der Waals surface area contributed by atoms with Crippen LogP contribution in [0.3, 0.4) is 0 Å². The van der Waals surface area contributed by atoms with E-state index >= 15 is 0 Å². The van der Waals surface area contributed by atoms with Gasteiger partial charge in [0.25, 0.3) is 0 Å². The van der Waals surface area contributed by atoms with Crippen LogP contribution >= 0.6 is 11.6 Å². The molecule has 1 aromatic heterocycles. The first-order valence-corrected chi connectivity index (χ1v) is 6.78. The zero-order valence-corrected chi connectivity index (χ0v) is 11.8. The van der Waals surface area contributed by atoms with Crippen LogP contribution in [0.1, 0.15) is 0 Å². The summed E-state index contributed by atoms with van der Waals surface area (Å²) in [6.07, 6.45) is 0. The fourth-order valence-corrected chi connectivity index (χ4v) is 2.25. The maximum atomic E-state index is 12.1. The highest BCUT2D eigenvalue weighted by molar-refractivity contribution is 6.30. The molecule has 0 aliphatic carbocycles. The van der Waals surface area contributed by atoms with Crippen molar-refractivity contribution < 1.29 is 4.79 Å². The summed E-state index contributed by atoms with van der Waals surface area (Å²) >= 11 is 5.98. The summed E-state index contributed by atoms with van der Waals surface area (Å²) in [6, 6.07) is 18.0. The predicted octanol–water partition coefficient (Wildman–Crippen LogP) is 4.53. The molecular formula is C16H12ClN3O. The third-order valence-electron chi connectivity index (χ3n) is 2.96. The zero-order chi connectivity index (χ0) is 14.7. The third kappa shape index (κ3) is 3.12. The lowest BCUT2D eigenvalue weighted by Gasteiger charge is -2.10. The second-order valence-electron chi connectivity index (χ2n) is 4.45. The van der Waals surface area contributed by atoms with Gasteiger partial charge in [0, 0.05) is 11.1 Å². The number of carbonyl (C=O) groups is 1. The minimum atomic E-state index is -0.325. The lowest BCUT2D eigenvalue weighted by atomic mass is 10.2. The molecule has 0 radical (unpaired) electrons. The Bertz CT molecular complexity index is 790. The van der Waals surface area contributed by atoms with Gasteiger partial charge in [-0.15, -0.1) is 0 Å². The number of carbonyl (C=O) groups excluding carboxylic acids is 1. The number of para-hydroxylation sites is 2. The SMILES string of the molecule is O=C(Nc1ccccc1)Nc1cc(Cl)nc2ccccc12. The molecule has 0 saturated carbocycles. The van der Waals surface area contributed by atoms with Gasteiger partial charge in [0.2, 0.25) is 0 Å². The van der Waals surface area contributed by atoms with Crippen LogP contribution in [-0.4, -0.2) is 11.0 Å². The quantitative estimate of drug-likeness (QED) is 0.683. The highest BCUT2D eigenvalue weighted by atomic mass is 35.5. The Hall–Kier alpha value is -2.59. The number of benzene rings is 2. The second-order valence-corrected chi connectivity index (χ2v) is 4.84. The van der Waals surface area contributed by atoms with E-state index in [4.69, 9.17) is 11.6 Å². The van der Waals surface area contributed by atoms with Crippen molar-refractivity contribution in [3.63, 3.8) is 0 Å². The second kappa shape index (κ2) is 5.81. The highest BCUT2D eigenvalue weighted by Gasteiger charge is 2.08. The monoisotopic (exact) mass is 297 g/mol. The number of nitrogens with zero attached hydrogens (tertiary/aromatic N) is 1. The first-order chi connectivity index (χ1) is 10.2. The summed E-state index contributed by atoms with van der Waals surface area (Å²) in [6.45, 7) is 0. The Morgan fingerprint density at radius 3 is 2.48 bits per heavy atom. The van der Waals surface area contributed by atoms with Gasteiger partial charge < -0.3 is 10.6 Å². The van der Waals surface area contributed by atoms with Gasteiger partial charge in [-0.3, -0.25) is 0 Å². The number of hydrogen-bond donors (Lipinski definition) is 2. The van der Waals surface area contributed by atoms with Crippen LogP contribution in [-0.2, 0) is 0 Å². The van der Waals surface area contributed by atoms with Gasteiger partial charge in [0.1, 0.15) is 5.15 Å². The predicted molar refractivity (Wildman–Crippen MR) is 85.8 cm³/mol. The van der Waals surface area contributed by atoms with Crippen molar-refractivity contribution in [1.82, 2.24) is 4.98 Å². The van der Waals surface area contributed by atoms with E-state index in [1.165, 1.54) is 0 Å². The molecule has 5 heteroatoms. The number of aromatic nitrogens is 1. The fourth-order valence-electron chi connectivity index (χ4n) is 2.05. The molecule has 2 amide bonds. The summed E-state index contributed by atoms with van der Waals surface area (Å²) in [5.41, 5.74) is 2.08. The van der Waals surface area contributed by atoms with E-state index in [-0.39, 0.29) is 6.03 Å². The molecule has 0 bridgehead atoms. The van der Waals surface area contributed by atoms with E-state index in [1.807, 2.05) is 54.6 Å². The molecule has 2 N–H and O–H groups in total.